The summed E-state index contributed by atoms with van der Waals surface area (Å²) >= 11 is 6.82. The molecule has 11 heteroatoms. The molecular weight excluding hydrogens is 417 g/mol. The maximum Gasteiger partial charge on any atom is 0.342 e. The molecule has 0 bridgehead atoms. The van der Waals surface area contributed by atoms with E-state index in [2.05, 4.69) is 4.98 Å². The average molecular weight is 440 g/mol. The van der Waals surface area contributed by atoms with Crippen LogP contribution in [-0.4, -0.2) is 66.8 Å². The van der Waals surface area contributed by atoms with E-state index in [9.17, 15) is 19.6 Å². The van der Waals surface area contributed by atoms with Gasteiger partial charge in [-0.05, 0) is 17.1 Å². The quantitative estimate of drug-likeness (QED) is 0.417. The van der Waals surface area contributed by atoms with E-state index >= 15 is 0 Å². The minimum Gasteiger partial charge on any atom is -0.388 e. The molecule has 0 spiro atoms. The number of halogens is 1. The number of aliphatic hydroxyl groups is 1. The lowest BCUT2D eigenvalue weighted by Crippen LogP contribution is -2.48. The summed E-state index contributed by atoms with van der Waals surface area (Å²) in [5, 5.41) is 21.3. The van der Waals surface area contributed by atoms with Crippen molar-refractivity contribution < 1.29 is 14.4 Å². The molecule has 0 aliphatic carbocycles. The van der Waals surface area contributed by atoms with Gasteiger partial charge in [0, 0.05) is 38.9 Å². The van der Waals surface area contributed by atoms with E-state index in [1.807, 2.05) is 15.9 Å². The molecule has 1 unspecified atom stereocenters. The first kappa shape index (κ1) is 21.5. The van der Waals surface area contributed by atoms with E-state index in [0.717, 1.165) is 0 Å². The van der Waals surface area contributed by atoms with Crippen molar-refractivity contribution in [3.63, 3.8) is 0 Å². The van der Waals surface area contributed by atoms with Crippen LogP contribution < -0.4 is 4.90 Å². The van der Waals surface area contributed by atoms with Crippen LogP contribution >= 0.6 is 24.0 Å². The number of aliphatic hydroxyl groups excluding tert-OH is 1. The van der Waals surface area contributed by atoms with Gasteiger partial charge in [-0.3, -0.25) is 0 Å². The summed E-state index contributed by atoms with van der Waals surface area (Å²) in [5.41, 5.74) is 0.596. The molecule has 0 saturated carbocycles. The molecule has 2 heterocycles. The van der Waals surface area contributed by atoms with Gasteiger partial charge in [-0.2, -0.15) is 0 Å². The second-order valence-electron chi connectivity index (χ2n) is 6.69. The number of nitrogens with zero attached hydrogens (tertiary/aromatic N) is 5. The predicted octanol–water partition coefficient (Wildman–Crippen LogP) is 2.44. The smallest absolute Gasteiger partial charge is 0.342 e. The molecule has 1 aromatic carbocycles. The highest BCUT2D eigenvalue weighted by molar-refractivity contribution is 8.22. The standard InChI is InChI=1S/C18H22FN5O3S2/c1-13-20-10-17(24(26)27)23(13)11-14(25)12-29-18(28)22-8-6-21(7-9-22)16-5-3-2-4-15(16)19/h2-5,10,14,25H,6-9,11-12H2,1H3. The third-order valence-corrected chi connectivity index (χ3v) is 6.41. The fourth-order valence-corrected chi connectivity index (χ4v) is 4.38. The molecule has 29 heavy (non-hydrogen) atoms. The van der Waals surface area contributed by atoms with E-state index in [1.165, 1.54) is 28.6 Å². The van der Waals surface area contributed by atoms with E-state index in [4.69, 9.17) is 12.2 Å². The predicted molar refractivity (Wildman–Crippen MR) is 115 cm³/mol. The molecule has 3 rings (SSSR count). The number of piperazine rings is 1. The Bertz CT molecular complexity index is 886. The molecule has 1 aromatic heterocycles. The Morgan fingerprint density at radius 2 is 2.07 bits per heavy atom. The molecule has 156 valence electrons. The van der Waals surface area contributed by atoms with E-state index in [-0.39, 0.29) is 18.2 Å². The number of anilines is 1. The number of rotatable bonds is 6. The van der Waals surface area contributed by atoms with Gasteiger partial charge in [0.05, 0.1) is 5.69 Å². The first-order chi connectivity index (χ1) is 13.9. The van der Waals surface area contributed by atoms with Crippen LogP contribution in [0.2, 0.25) is 0 Å². The summed E-state index contributed by atoms with van der Waals surface area (Å²) < 4.78 is 16.0. The van der Waals surface area contributed by atoms with Gasteiger partial charge in [0.25, 0.3) is 0 Å². The van der Waals surface area contributed by atoms with Crippen molar-refractivity contribution in [3.8, 4) is 0 Å². The minimum absolute atomic E-state index is 0.0822. The SMILES string of the molecule is Cc1ncc([N+](=O)[O-])n1CC(O)CSC(=S)N1CCN(c2ccccc2F)CC1. The van der Waals surface area contributed by atoms with Crippen LogP contribution in [0.5, 0.6) is 0 Å². The Balaban J connectivity index is 1.47. The summed E-state index contributed by atoms with van der Waals surface area (Å²) in [4.78, 5) is 18.5. The third kappa shape index (κ3) is 5.22. The highest BCUT2D eigenvalue weighted by atomic mass is 32.2. The number of para-hydroxylation sites is 1. The van der Waals surface area contributed by atoms with Gasteiger partial charge >= 0.3 is 5.82 Å². The highest BCUT2D eigenvalue weighted by Gasteiger charge is 2.23. The van der Waals surface area contributed by atoms with Crippen molar-refractivity contribution in [2.75, 3.05) is 36.8 Å². The van der Waals surface area contributed by atoms with Crippen LogP contribution in [0.25, 0.3) is 0 Å². The normalized spacial score (nSPS) is 15.4. The summed E-state index contributed by atoms with van der Waals surface area (Å²) in [6, 6.07) is 6.71. The van der Waals surface area contributed by atoms with Crippen LogP contribution in [0.15, 0.2) is 30.5 Å². The number of thiocarbonyl (C=S) groups is 1. The number of hydrogen-bond acceptors (Lipinski definition) is 7. The second-order valence-corrected chi connectivity index (χ2v) is 8.34. The van der Waals surface area contributed by atoms with Crippen molar-refractivity contribution in [2.24, 2.45) is 0 Å². The lowest BCUT2D eigenvalue weighted by Gasteiger charge is -2.37. The van der Waals surface area contributed by atoms with Crippen LogP contribution in [-0.2, 0) is 6.54 Å². The largest absolute Gasteiger partial charge is 0.388 e. The first-order valence-corrected chi connectivity index (χ1v) is 10.5. The van der Waals surface area contributed by atoms with Gasteiger partial charge in [-0.25, -0.2) is 13.9 Å². The van der Waals surface area contributed by atoms with E-state index < -0.39 is 11.0 Å². The molecule has 1 aliphatic heterocycles. The van der Waals surface area contributed by atoms with Crippen molar-refractivity contribution in [3.05, 3.63) is 52.2 Å². The minimum atomic E-state index is -0.802. The number of thioether (sulfide) groups is 1. The highest BCUT2D eigenvalue weighted by Crippen LogP contribution is 2.22. The van der Waals surface area contributed by atoms with Crippen molar-refractivity contribution >= 4 is 39.8 Å². The van der Waals surface area contributed by atoms with Gasteiger partial charge in [0.1, 0.15) is 29.0 Å². The number of aryl methyl sites for hydroxylation is 1. The Labute approximate surface area is 177 Å². The van der Waals surface area contributed by atoms with Crippen molar-refractivity contribution in [2.45, 2.75) is 19.6 Å². The zero-order valence-corrected chi connectivity index (χ0v) is 17.5. The Morgan fingerprint density at radius 3 is 2.72 bits per heavy atom. The van der Waals surface area contributed by atoms with Gasteiger partial charge in [-0.1, -0.05) is 36.1 Å². The van der Waals surface area contributed by atoms with E-state index in [0.29, 0.717) is 47.8 Å². The fraction of sp³-hybridized carbons (Fsp3) is 0.444. The summed E-state index contributed by atoms with van der Waals surface area (Å²) in [6.45, 7) is 4.39. The van der Waals surface area contributed by atoms with Gasteiger partial charge in [-0.15, -0.1) is 0 Å². The summed E-state index contributed by atoms with van der Waals surface area (Å²) in [5.74, 6) is 0.428. The zero-order valence-electron chi connectivity index (χ0n) is 15.9. The number of benzene rings is 1. The molecule has 1 aliphatic rings. The monoisotopic (exact) mass is 439 g/mol. The van der Waals surface area contributed by atoms with Crippen LogP contribution in [0.3, 0.4) is 0 Å². The Kier molecular flexibility index (Phi) is 7.04. The fourth-order valence-electron chi connectivity index (χ4n) is 3.19. The van der Waals surface area contributed by atoms with Crippen molar-refractivity contribution in [1.29, 1.82) is 0 Å². The Hall–Kier alpha value is -2.24. The second kappa shape index (κ2) is 9.51. The Morgan fingerprint density at radius 1 is 1.38 bits per heavy atom. The molecule has 1 saturated heterocycles. The van der Waals surface area contributed by atoms with Crippen LogP contribution in [0.4, 0.5) is 15.9 Å². The van der Waals surface area contributed by atoms with Crippen LogP contribution in [0, 0.1) is 22.9 Å². The maximum atomic E-state index is 13.9. The molecule has 2 aromatic rings. The third-order valence-electron chi connectivity index (χ3n) is 4.74. The average Bonchev–Trinajstić information content (AvgIpc) is 3.07. The summed E-state index contributed by atoms with van der Waals surface area (Å²) in [6.07, 6.45) is 0.388. The summed E-state index contributed by atoms with van der Waals surface area (Å²) in [7, 11) is 0. The van der Waals surface area contributed by atoms with Gasteiger partial charge in [0.15, 0.2) is 5.82 Å². The van der Waals surface area contributed by atoms with Crippen LogP contribution in [0.1, 0.15) is 5.82 Å². The molecule has 1 N–H and O–H groups in total. The molecule has 0 radical (unpaired) electrons. The van der Waals surface area contributed by atoms with Gasteiger partial charge < -0.3 is 25.0 Å². The topological polar surface area (TPSA) is 87.7 Å². The molecule has 1 atom stereocenters. The lowest BCUT2D eigenvalue weighted by atomic mass is 10.2. The number of nitro groups is 1. The molecule has 1 fully saturated rings. The number of aromatic nitrogens is 2. The van der Waals surface area contributed by atoms with E-state index in [1.54, 1.807) is 19.1 Å². The maximum absolute atomic E-state index is 13.9. The number of hydrogen-bond donors (Lipinski definition) is 1. The first-order valence-electron chi connectivity index (χ1n) is 9.12. The van der Waals surface area contributed by atoms with Crippen molar-refractivity contribution in [1.82, 2.24) is 14.5 Å². The molecule has 0 amide bonds. The molecule has 8 nitrogen and oxygen atoms in total. The van der Waals surface area contributed by atoms with Gasteiger partial charge in [0.2, 0.25) is 0 Å². The lowest BCUT2D eigenvalue weighted by molar-refractivity contribution is -0.392. The number of imidazole rings is 1. The zero-order chi connectivity index (χ0) is 21.0. The molecular formula is C18H22FN5O3S2.